The topological polar surface area (TPSA) is 46.2 Å². The van der Waals surface area contributed by atoms with Crippen LogP contribution in [0, 0.1) is 0 Å². The molecule has 0 aliphatic heterocycles. The molecule has 0 fully saturated rings. The Hall–Kier alpha value is -0.600. The minimum Gasteiger partial charge on any atom is -0.375 e. The van der Waals surface area contributed by atoms with Gasteiger partial charge in [0.2, 0.25) is 0 Å². The molecule has 0 bridgehead atoms. The second kappa shape index (κ2) is 2.99. The summed E-state index contributed by atoms with van der Waals surface area (Å²) in [6.07, 6.45) is 5.24. The van der Waals surface area contributed by atoms with Gasteiger partial charge in [0.05, 0.1) is 0 Å². The van der Waals surface area contributed by atoms with Crippen LogP contribution < -0.4 is 5.73 Å². The van der Waals surface area contributed by atoms with Crippen molar-refractivity contribution in [3.63, 3.8) is 0 Å². The Morgan fingerprint density at radius 3 is 2.80 bits per heavy atom. The zero-order valence-corrected chi connectivity index (χ0v) is 6.17. The Morgan fingerprint density at radius 2 is 2.40 bits per heavy atom. The largest absolute Gasteiger partial charge is 0.375 e. The van der Waals surface area contributed by atoms with Crippen molar-refractivity contribution in [3.8, 4) is 0 Å². The van der Waals surface area contributed by atoms with E-state index in [4.69, 9.17) is 10.8 Å². The van der Waals surface area contributed by atoms with E-state index in [1.165, 1.54) is 5.57 Å². The predicted octanol–water partition coefficient (Wildman–Crippen LogP) is 0.930. The van der Waals surface area contributed by atoms with Crippen LogP contribution >= 0.6 is 0 Å². The van der Waals surface area contributed by atoms with E-state index >= 15 is 0 Å². The molecule has 0 spiro atoms. The number of hydrogen-bond donors (Lipinski definition) is 2. The highest BCUT2D eigenvalue weighted by Gasteiger charge is 2.07. The Bertz CT molecular complexity index is 180. The van der Waals surface area contributed by atoms with E-state index in [0.29, 0.717) is 0 Å². The zero-order valence-electron chi connectivity index (χ0n) is 6.17. The van der Waals surface area contributed by atoms with Crippen molar-refractivity contribution in [1.29, 1.82) is 0 Å². The highest BCUT2D eigenvalue weighted by Crippen LogP contribution is 2.17. The molecular formula is C8H13NO. The third-order valence-corrected chi connectivity index (χ3v) is 1.69. The third kappa shape index (κ3) is 1.69. The third-order valence-electron chi connectivity index (χ3n) is 1.69. The van der Waals surface area contributed by atoms with E-state index in [-0.39, 0.29) is 0 Å². The first-order chi connectivity index (χ1) is 4.70. The van der Waals surface area contributed by atoms with Crippen molar-refractivity contribution in [1.82, 2.24) is 0 Å². The first kappa shape index (κ1) is 7.51. The van der Waals surface area contributed by atoms with Crippen molar-refractivity contribution in [2.45, 2.75) is 26.0 Å². The van der Waals surface area contributed by atoms with Crippen LogP contribution in [0.1, 0.15) is 19.8 Å². The van der Waals surface area contributed by atoms with Crippen LogP contribution in [0.25, 0.3) is 0 Å². The van der Waals surface area contributed by atoms with Gasteiger partial charge in [0.1, 0.15) is 6.23 Å². The average Bonchev–Trinajstić information content (AvgIpc) is 1.88. The lowest BCUT2D eigenvalue weighted by atomic mass is 9.99. The van der Waals surface area contributed by atoms with Gasteiger partial charge in [-0.25, -0.2) is 0 Å². The van der Waals surface area contributed by atoms with Gasteiger partial charge in [-0.05, 0) is 25.3 Å². The summed E-state index contributed by atoms with van der Waals surface area (Å²) in [5.41, 5.74) is 7.43. The van der Waals surface area contributed by atoms with Crippen molar-refractivity contribution in [3.05, 3.63) is 23.3 Å². The van der Waals surface area contributed by atoms with Gasteiger partial charge < -0.3 is 10.8 Å². The average molecular weight is 139 g/mol. The predicted molar refractivity (Wildman–Crippen MR) is 41.3 cm³/mol. The molecule has 3 N–H and O–H groups in total. The molecule has 10 heavy (non-hydrogen) atoms. The maximum atomic E-state index is 8.98. The monoisotopic (exact) mass is 139 g/mol. The van der Waals surface area contributed by atoms with Crippen molar-refractivity contribution < 1.29 is 5.11 Å². The molecule has 0 heterocycles. The van der Waals surface area contributed by atoms with E-state index in [1.807, 2.05) is 13.0 Å². The molecule has 0 aromatic carbocycles. The normalized spacial score (nSPS) is 21.5. The van der Waals surface area contributed by atoms with Gasteiger partial charge in [-0.15, -0.1) is 0 Å². The van der Waals surface area contributed by atoms with E-state index in [0.717, 1.165) is 18.4 Å². The lowest BCUT2D eigenvalue weighted by Gasteiger charge is -2.13. The van der Waals surface area contributed by atoms with Crippen LogP contribution in [0.4, 0.5) is 0 Å². The molecule has 0 amide bonds. The van der Waals surface area contributed by atoms with Gasteiger partial charge in [-0.2, -0.15) is 0 Å². The molecule has 1 rings (SSSR count). The van der Waals surface area contributed by atoms with E-state index in [1.54, 1.807) is 0 Å². The molecule has 1 aliphatic carbocycles. The van der Waals surface area contributed by atoms with Crippen LogP contribution in [0.3, 0.4) is 0 Å². The zero-order chi connectivity index (χ0) is 7.56. The summed E-state index contributed by atoms with van der Waals surface area (Å²) >= 11 is 0. The summed E-state index contributed by atoms with van der Waals surface area (Å²) in [6.45, 7) is 2.02. The fourth-order valence-electron chi connectivity index (χ4n) is 1.12. The molecule has 0 aromatic rings. The minimum atomic E-state index is -0.761. The molecule has 2 heteroatoms. The standard InChI is InChI=1S/C8H13NO/c1-6-3-2-4-7(5-6)8(9)10/h3,5,8,10H,2,4,9H2,1H3/t8-/m1/s1. The highest BCUT2D eigenvalue weighted by molar-refractivity contribution is 5.27. The Balaban J connectivity index is 2.69. The summed E-state index contributed by atoms with van der Waals surface area (Å²) in [7, 11) is 0. The fourth-order valence-corrected chi connectivity index (χ4v) is 1.12. The molecule has 56 valence electrons. The number of hydrogen-bond acceptors (Lipinski definition) is 2. The molecule has 0 unspecified atom stereocenters. The number of rotatable bonds is 1. The highest BCUT2D eigenvalue weighted by atomic mass is 16.3. The lowest BCUT2D eigenvalue weighted by Crippen LogP contribution is -2.22. The molecule has 0 saturated heterocycles. The molecule has 0 aromatic heterocycles. The smallest absolute Gasteiger partial charge is 0.124 e. The number of allylic oxidation sites excluding steroid dienone is 3. The van der Waals surface area contributed by atoms with Crippen molar-refractivity contribution in [2.75, 3.05) is 0 Å². The Morgan fingerprint density at radius 1 is 1.70 bits per heavy atom. The maximum Gasteiger partial charge on any atom is 0.124 e. The maximum absolute atomic E-state index is 8.98. The SMILES string of the molecule is CC1=CCCC([C@H](N)O)=C1. The van der Waals surface area contributed by atoms with Crippen LogP contribution in [-0.2, 0) is 0 Å². The molecule has 1 atom stereocenters. The number of aliphatic hydroxyl groups is 1. The van der Waals surface area contributed by atoms with Crippen molar-refractivity contribution in [2.24, 2.45) is 5.73 Å². The Labute approximate surface area is 61.0 Å². The molecule has 0 radical (unpaired) electrons. The quantitative estimate of drug-likeness (QED) is 0.531. The number of aliphatic hydroxyl groups excluding tert-OH is 1. The Kier molecular flexibility index (Phi) is 2.25. The summed E-state index contributed by atoms with van der Waals surface area (Å²) in [4.78, 5) is 0. The second-order valence-electron chi connectivity index (χ2n) is 2.65. The first-order valence-electron chi connectivity index (χ1n) is 3.51. The summed E-state index contributed by atoms with van der Waals surface area (Å²) in [5, 5.41) is 8.98. The fraction of sp³-hybridized carbons (Fsp3) is 0.500. The number of nitrogens with two attached hydrogens (primary N) is 1. The van der Waals surface area contributed by atoms with Crippen LogP contribution in [0.15, 0.2) is 23.3 Å². The van der Waals surface area contributed by atoms with Crippen LogP contribution in [-0.4, -0.2) is 11.3 Å². The summed E-state index contributed by atoms with van der Waals surface area (Å²) in [6, 6.07) is 0. The van der Waals surface area contributed by atoms with Crippen molar-refractivity contribution >= 4 is 0 Å². The summed E-state index contributed by atoms with van der Waals surface area (Å²) in [5.74, 6) is 0. The van der Waals surface area contributed by atoms with Gasteiger partial charge >= 0.3 is 0 Å². The van der Waals surface area contributed by atoms with Crippen LogP contribution in [0.2, 0.25) is 0 Å². The van der Waals surface area contributed by atoms with Crippen LogP contribution in [0.5, 0.6) is 0 Å². The molecule has 2 nitrogen and oxygen atoms in total. The second-order valence-corrected chi connectivity index (χ2v) is 2.65. The van der Waals surface area contributed by atoms with Gasteiger partial charge in [0.25, 0.3) is 0 Å². The first-order valence-corrected chi connectivity index (χ1v) is 3.51. The molecular weight excluding hydrogens is 126 g/mol. The van der Waals surface area contributed by atoms with E-state index in [2.05, 4.69) is 6.08 Å². The van der Waals surface area contributed by atoms with Gasteiger partial charge in [-0.1, -0.05) is 17.7 Å². The van der Waals surface area contributed by atoms with Gasteiger partial charge in [0, 0.05) is 0 Å². The molecule has 1 aliphatic rings. The van der Waals surface area contributed by atoms with E-state index < -0.39 is 6.23 Å². The summed E-state index contributed by atoms with van der Waals surface area (Å²) < 4.78 is 0. The lowest BCUT2D eigenvalue weighted by molar-refractivity contribution is 0.214. The van der Waals surface area contributed by atoms with E-state index in [9.17, 15) is 0 Å². The molecule has 0 saturated carbocycles. The minimum absolute atomic E-state index is 0.761. The van der Waals surface area contributed by atoms with Gasteiger partial charge in [0.15, 0.2) is 0 Å². The van der Waals surface area contributed by atoms with Gasteiger partial charge in [-0.3, -0.25) is 0 Å².